The summed E-state index contributed by atoms with van der Waals surface area (Å²) in [6.45, 7) is 3.96. The third-order valence-corrected chi connectivity index (χ3v) is 5.41. The van der Waals surface area contributed by atoms with Crippen LogP contribution in [0, 0.1) is 12.8 Å². The van der Waals surface area contributed by atoms with Crippen LogP contribution in [0.15, 0.2) is 53.1 Å². The van der Waals surface area contributed by atoms with Crippen molar-refractivity contribution in [2.75, 3.05) is 25.1 Å². The highest BCUT2D eigenvalue weighted by Crippen LogP contribution is 2.26. The Kier molecular flexibility index (Phi) is 5.97. The Morgan fingerprint density at radius 1 is 1.20 bits per heavy atom. The van der Waals surface area contributed by atoms with E-state index >= 15 is 0 Å². The second-order valence-corrected chi connectivity index (χ2v) is 7.62. The lowest BCUT2D eigenvalue weighted by molar-refractivity contribution is -0.125. The summed E-state index contributed by atoms with van der Waals surface area (Å²) in [5.41, 5.74) is 3.17. The van der Waals surface area contributed by atoms with Crippen molar-refractivity contribution in [2.24, 2.45) is 5.92 Å². The van der Waals surface area contributed by atoms with E-state index in [9.17, 15) is 4.79 Å². The Hall–Kier alpha value is -3.35. The molecule has 4 rings (SSSR count). The molecule has 30 heavy (non-hydrogen) atoms. The zero-order valence-electron chi connectivity index (χ0n) is 17.3. The Morgan fingerprint density at radius 3 is 2.70 bits per heavy atom. The predicted octanol–water partition coefficient (Wildman–Crippen LogP) is 3.59. The van der Waals surface area contributed by atoms with Gasteiger partial charge in [-0.15, -0.1) is 0 Å². The van der Waals surface area contributed by atoms with E-state index in [1.807, 2.05) is 41.3 Å². The maximum Gasteiger partial charge on any atom is 0.324 e. The molecule has 2 aromatic carbocycles. The summed E-state index contributed by atoms with van der Waals surface area (Å²) in [4.78, 5) is 19.2. The molecule has 156 valence electrons. The molecule has 0 bridgehead atoms. The van der Waals surface area contributed by atoms with Gasteiger partial charge in [0.25, 0.3) is 0 Å². The molecule has 0 radical (unpaired) electrons. The SMILES string of the molecule is COc1ccc(-c2noc(N3CCC[C@@H](C(=O)NCc4ccc(C)cc4)C3)n2)cc1. The number of hydrogen-bond acceptors (Lipinski definition) is 6. The van der Waals surface area contributed by atoms with E-state index in [4.69, 9.17) is 9.26 Å². The quantitative estimate of drug-likeness (QED) is 0.674. The molecule has 1 fully saturated rings. The van der Waals surface area contributed by atoms with Crippen molar-refractivity contribution in [1.82, 2.24) is 15.5 Å². The largest absolute Gasteiger partial charge is 0.497 e. The average Bonchev–Trinajstić information content (AvgIpc) is 3.29. The summed E-state index contributed by atoms with van der Waals surface area (Å²) < 4.78 is 10.7. The molecular formula is C23H26N4O3. The van der Waals surface area contributed by atoms with Gasteiger partial charge < -0.3 is 19.5 Å². The first-order valence-electron chi connectivity index (χ1n) is 10.2. The van der Waals surface area contributed by atoms with Crippen molar-refractivity contribution in [3.05, 3.63) is 59.7 Å². The molecule has 1 aliphatic heterocycles. The summed E-state index contributed by atoms with van der Waals surface area (Å²) >= 11 is 0. The molecule has 1 N–H and O–H groups in total. The van der Waals surface area contributed by atoms with Crippen LogP contribution in [0.5, 0.6) is 5.75 Å². The summed E-state index contributed by atoms with van der Waals surface area (Å²) in [7, 11) is 1.63. The number of nitrogens with zero attached hydrogens (tertiary/aromatic N) is 3. The molecule has 2 heterocycles. The van der Waals surface area contributed by atoms with E-state index in [0.717, 1.165) is 36.3 Å². The van der Waals surface area contributed by atoms with E-state index in [-0.39, 0.29) is 11.8 Å². The number of aryl methyl sites for hydroxylation is 1. The van der Waals surface area contributed by atoms with Crippen molar-refractivity contribution in [3.8, 4) is 17.1 Å². The number of nitrogens with one attached hydrogen (secondary N) is 1. The van der Waals surface area contributed by atoms with Crippen LogP contribution in [-0.2, 0) is 11.3 Å². The van der Waals surface area contributed by atoms with Gasteiger partial charge in [0, 0.05) is 25.2 Å². The molecule has 3 aromatic rings. The van der Waals surface area contributed by atoms with Crippen LogP contribution < -0.4 is 15.0 Å². The first kappa shape index (κ1) is 19.9. The Labute approximate surface area is 176 Å². The number of benzene rings is 2. The van der Waals surface area contributed by atoms with E-state index in [0.29, 0.717) is 24.9 Å². The van der Waals surface area contributed by atoms with Crippen molar-refractivity contribution >= 4 is 11.9 Å². The molecule has 1 amide bonds. The fourth-order valence-corrected chi connectivity index (χ4v) is 3.61. The normalized spacial score (nSPS) is 16.3. The number of anilines is 1. The van der Waals surface area contributed by atoms with Crippen LogP contribution in [0.4, 0.5) is 6.01 Å². The fraction of sp³-hybridized carbons (Fsp3) is 0.348. The van der Waals surface area contributed by atoms with Crippen molar-refractivity contribution in [2.45, 2.75) is 26.3 Å². The minimum Gasteiger partial charge on any atom is -0.497 e. The van der Waals surface area contributed by atoms with Gasteiger partial charge in [-0.05, 0) is 49.6 Å². The van der Waals surface area contributed by atoms with Crippen molar-refractivity contribution < 1.29 is 14.1 Å². The Balaban J connectivity index is 1.37. The number of carbonyl (C=O) groups is 1. The maximum absolute atomic E-state index is 12.7. The molecular weight excluding hydrogens is 380 g/mol. The van der Waals surface area contributed by atoms with Crippen molar-refractivity contribution in [1.29, 1.82) is 0 Å². The maximum atomic E-state index is 12.7. The van der Waals surface area contributed by atoms with Gasteiger partial charge in [-0.3, -0.25) is 4.79 Å². The van der Waals surface area contributed by atoms with Gasteiger partial charge in [0.15, 0.2) is 0 Å². The van der Waals surface area contributed by atoms with Gasteiger partial charge in [0.2, 0.25) is 11.7 Å². The first-order valence-corrected chi connectivity index (χ1v) is 10.2. The van der Waals surface area contributed by atoms with Crippen LogP contribution in [0.1, 0.15) is 24.0 Å². The monoisotopic (exact) mass is 406 g/mol. The molecule has 0 aliphatic carbocycles. The Morgan fingerprint density at radius 2 is 1.97 bits per heavy atom. The minimum absolute atomic E-state index is 0.0650. The number of amides is 1. The standard InChI is InChI=1S/C23H26N4O3/c1-16-5-7-17(8-6-16)14-24-22(28)19-4-3-13-27(15-19)23-25-21(26-30-23)18-9-11-20(29-2)12-10-18/h5-12,19H,3-4,13-15H2,1-2H3,(H,24,28)/t19-/m1/s1. The summed E-state index contributed by atoms with van der Waals surface area (Å²) in [6.07, 6.45) is 1.76. The van der Waals surface area contributed by atoms with Gasteiger partial charge in [-0.1, -0.05) is 35.0 Å². The number of ether oxygens (including phenoxy) is 1. The minimum atomic E-state index is -0.0967. The third kappa shape index (κ3) is 4.62. The smallest absolute Gasteiger partial charge is 0.324 e. The summed E-state index contributed by atoms with van der Waals surface area (Å²) in [6, 6.07) is 16.2. The first-order chi connectivity index (χ1) is 14.6. The van der Waals surface area contributed by atoms with E-state index < -0.39 is 0 Å². The van der Waals surface area contributed by atoms with Gasteiger partial charge in [0.05, 0.1) is 13.0 Å². The van der Waals surface area contributed by atoms with Crippen molar-refractivity contribution in [3.63, 3.8) is 0 Å². The van der Waals surface area contributed by atoms with Crippen LogP contribution in [0.2, 0.25) is 0 Å². The van der Waals surface area contributed by atoms with Gasteiger partial charge in [-0.2, -0.15) is 4.98 Å². The molecule has 7 heteroatoms. The predicted molar refractivity (Wildman–Crippen MR) is 114 cm³/mol. The highest BCUT2D eigenvalue weighted by Gasteiger charge is 2.28. The molecule has 0 saturated carbocycles. The topological polar surface area (TPSA) is 80.5 Å². The van der Waals surface area contributed by atoms with E-state index in [1.54, 1.807) is 7.11 Å². The number of methoxy groups -OCH3 is 1. The van der Waals surface area contributed by atoms with E-state index in [2.05, 4.69) is 34.5 Å². The number of carbonyl (C=O) groups excluding carboxylic acids is 1. The van der Waals surface area contributed by atoms with Crippen LogP contribution >= 0.6 is 0 Å². The molecule has 7 nitrogen and oxygen atoms in total. The second kappa shape index (κ2) is 8.98. The number of hydrogen-bond donors (Lipinski definition) is 1. The van der Waals surface area contributed by atoms with Crippen LogP contribution in [-0.4, -0.2) is 36.2 Å². The summed E-state index contributed by atoms with van der Waals surface area (Å²) in [5, 5.41) is 7.16. The number of rotatable bonds is 6. The molecule has 1 aromatic heterocycles. The zero-order chi connectivity index (χ0) is 20.9. The molecule has 0 unspecified atom stereocenters. The van der Waals surface area contributed by atoms with E-state index in [1.165, 1.54) is 5.56 Å². The molecule has 1 atom stereocenters. The Bertz CT molecular complexity index is 982. The van der Waals surface area contributed by atoms with Crippen LogP contribution in [0.3, 0.4) is 0 Å². The fourth-order valence-electron chi connectivity index (χ4n) is 3.61. The van der Waals surface area contributed by atoms with Gasteiger partial charge >= 0.3 is 6.01 Å². The van der Waals surface area contributed by atoms with Gasteiger partial charge in [-0.25, -0.2) is 0 Å². The summed E-state index contributed by atoms with van der Waals surface area (Å²) in [5.74, 6) is 1.27. The second-order valence-electron chi connectivity index (χ2n) is 7.62. The zero-order valence-corrected chi connectivity index (χ0v) is 17.3. The number of piperidine rings is 1. The highest BCUT2D eigenvalue weighted by atomic mass is 16.5. The lowest BCUT2D eigenvalue weighted by atomic mass is 9.97. The number of aromatic nitrogens is 2. The lowest BCUT2D eigenvalue weighted by Gasteiger charge is -2.30. The lowest BCUT2D eigenvalue weighted by Crippen LogP contribution is -2.43. The molecule has 0 spiro atoms. The average molecular weight is 406 g/mol. The molecule has 1 saturated heterocycles. The molecule has 1 aliphatic rings. The van der Waals surface area contributed by atoms with Gasteiger partial charge in [0.1, 0.15) is 5.75 Å². The highest BCUT2D eigenvalue weighted by molar-refractivity contribution is 5.79. The third-order valence-electron chi connectivity index (χ3n) is 5.41. The van der Waals surface area contributed by atoms with Crippen LogP contribution in [0.25, 0.3) is 11.4 Å².